The van der Waals surface area contributed by atoms with Gasteiger partial charge in [0.2, 0.25) is 0 Å². The summed E-state index contributed by atoms with van der Waals surface area (Å²) < 4.78 is 5.71. The van der Waals surface area contributed by atoms with Crippen LogP contribution in [0.5, 0.6) is 5.75 Å². The van der Waals surface area contributed by atoms with Crippen molar-refractivity contribution in [1.29, 1.82) is 0 Å². The SMILES string of the molecule is Cc1cccnc1NC(=O)c1ccccc1OCC(=O)N1CCCCCC1. The number of ether oxygens (including phenoxy) is 1. The highest BCUT2D eigenvalue weighted by Gasteiger charge is 2.18. The Balaban J connectivity index is 1.65. The molecule has 27 heavy (non-hydrogen) atoms. The first kappa shape index (κ1) is 18.9. The standard InChI is InChI=1S/C21H25N3O3/c1-16-9-8-12-22-20(16)23-21(26)17-10-4-5-11-18(17)27-15-19(25)24-13-6-2-3-7-14-24/h4-5,8-12H,2-3,6-7,13-15H2,1H3,(H,22,23,26). The van der Waals surface area contributed by atoms with Crippen molar-refractivity contribution >= 4 is 17.6 Å². The number of nitrogens with one attached hydrogen (secondary N) is 1. The number of amides is 2. The molecule has 6 nitrogen and oxygen atoms in total. The summed E-state index contributed by atoms with van der Waals surface area (Å²) in [7, 11) is 0. The van der Waals surface area contributed by atoms with Crippen molar-refractivity contribution in [3.05, 3.63) is 53.7 Å². The highest BCUT2D eigenvalue weighted by atomic mass is 16.5. The van der Waals surface area contributed by atoms with Crippen LogP contribution in [0.15, 0.2) is 42.6 Å². The number of para-hydroxylation sites is 1. The summed E-state index contributed by atoms with van der Waals surface area (Å²) in [6.07, 6.45) is 6.04. The van der Waals surface area contributed by atoms with Crippen molar-refractivity contribution < 1.29 is 14.3 Å². The van der Waals surface area contributed by atoms with Gasteiger partial charge in [0.1, 0.15) is 11.6 Å². The Kier molecular flexibility index (Phi) is 6.41. The largest absolute Gasteiger partial charge is 0.483 e. The number of aromatic nitrogens is 1. The molecule has 0 saturated carbocycles. The predicted octanol–water partition coefficient (Wildman–Crippen LogP) is 3.42. The summed E-state index contributed by atoms with van der Waals surface area (Å²) in [5.41, 5.74) is 1.26. The molecule has 0 aliphatic carbocycles. The van der Waals surface area contributed by atoms with Crippen molar-refractivity contribution in [3.63, 3.8) is 0 Å². The average Bonchev–Trinajstić information content (AvgIpc) is 2.97. The Bertz CT molecular complexity index is 799. The predicted molar refractivity (Wildman–Crippen MR) is 104 cm³/mol. The molecule has 142 valence electrons. The van der Waals surface area contributed by atoms with E-state index in [4.69, 9.17) is 4.74 Å². The number of likely N-dealkylation sites (tertiary alicyclic amines) is 1. The monoisotopic (exact) mass is 367 g/mol. The Hall–Kier alpha value is -2.89. The number of anilines is 1. The van der Waals surface area contributed by atoms with E-state index in [-0.39, 0.29) is 18.4 Å². The summed E-state index contributed by atoms with van der Waals surface area (Å²) in [4.78, 5) is 31.1. The van der Waals surface area contributed by atoms with Gasteiger partial charge in [-0.05, 0) is 43.5 Å². The van der Waals surface area contributed by atoms with Crippen molar-refractivity contribution in [2.24, 2.45) is 0 Å². The first-order valence-electron chi connectivity index (χ1n) is 9.38. The molecule has 1 saturated heterocycles. The second kappa shape index (κ2) is 9.16. The maximum atomic E-state index is 12.7. The molecule has 6 heteroatoms. The highest BCUT2D eigenvalue weighted by molar-refractivity contribution is 6.06. The molecule has 0 spiro atoms. The van der Waals surface area contributed by atoms with Crippen molar-refractivity contribution in [1.82, 2.24) is 9.88 Å². The second-order valence-corrected chi connectivity index (χ2v) is 6.70. The Labute approximate surface area is 159 Å². The van der Waals surface area contributed by atoms with Crippen LogP contribution < -0.4 is 10.1 Å². The van der Waals surface area contributed by atoms with E-state index < -0.39 is 0 Å². The van der Waals surface area contributed by atoms with Crippen LogP contribution in [0.3, 0.4) is 0 Å². The van der Waals surface area contributed by atoms with E-state index in [2.05, 4.69) is 10.3 Å². The first-order chi connectivity index (χ1) is 13.1. The van der Waals surface area contributed by atoms with E-state index in [1.54, 1.807) is 30.5 Å². The molecule has 2 amide bonds. The molecule has 1 aliphatic heterocycles. The Morgan fingerprint density at radius 1 is 1.07 bits per heavy atom. The van der Waals surface area contributed by atoms with E-state index in [9.17, 15) is 9.59 Å². The van der Waals surface area contributed by atoms with E-state index in [1.165, 1.54) is 12.8 Å². The molecular formula is C21H25N3O3. The quantitative estimate of drug-likeness (QED) is 0.879. The number of carbonyl (C=O) groups is 2. The molecule has 1 fully saturated rings. The third-order valence-corrected chi connectivity index (χ3v) is 4.68. The fraction of sp³-hybridized carbons (Fsp3) is 0.381. The number of rotatable bonds is 5. The van der Waals surface area contributed by atoms with Gasteiger partial charge in [0.25, 0.3) is 11.8 Å². The van der Waals surface area contributed by atoms with E-state index in [1.807, 2.05) is 24.0 Å². The second-order valence-electron chi connectivity index (χ2n) is 6.70. The van der Waals surface area contributed by atoms with Gasteiger partial charge in [0.05, 0.1) is 5.56 Å². The normalized spacial score (nSPS) is 14.3. The minimum atomic E-state index is -0.311. The van der Waals surface area contributed by atoms with Crippen LogP contribution in [-0.2, 0) is 4.79 Å². The summed E-state index contributed by atoms with van der Waals surface area (Å²) >= 11 is 0. The maximum absolute atomic E-state index is 12.7. The molecule has 1 aromatic carbocycles. The van der Waals surface area contributed by atoms with Gasteiger partial charge in [0, 0.05) is 19.3 Å². The van der Waals surface area contributed by atoms with Gasteiger partial charge in [-0.2, -0.15) is 0 Å². The molecule has 0 radical (unpaired) electrons. The van der Waals surface area contributed by atoms with Gasteiger partial charge in [-0.1, -0.05) is 31.0 Å². The number of carbonyl (C=O) groups excluding carboxylic acids is 2. The number of pyridine rings is 1. The van der Waals surface area contributed by atoms with Gasteiger partial charge in [0.15, 0.2) is 6.61 Å². The summed E-state index contributed by atoms with van der Waals surface area (Å²) in [6.45, 7) is 3.38. The lowest BCUT2D eigenvalue weighted by molar-refractivity contribution is -0.133. The average molecular weight is 367 g/mol. The maximum Gasteiger partial charge on any atom is 0.260 e. The third kappa shape index (κ3) is 5.06. The highest BCUT2D eigenvalue weighted by Crippen LogP contribution is 2.20. The Morgan fingerprint density at radius 2 is 1.81 bits per heavy atom. The topological polar surface area (TPSA) is 71.5 Å². The number of nitrogens with zero attached hydrogens (tertiary/aromatic N) is 2. The number of aryl methyl sites for hydroxylation is 1. The van der Waals surface area contributed by atoms with Crippen LogP contribution >= 0.6 is 0 Å². The summed E-state index contributed by atoms with van der Waals surface area (Å²) in [5.74, 6) is 0.562. The fourth-order valence-corrected chi connectivity index (χ4v) is 3.12. The minimum Gasteiger partial charge on any atom is -0.483 e. The van der Waals surface area contributed by atoms with Crippen molar-refractivity contribution in [2.45, 2.75) is 32.6 Å². The molecule has 2 aromatic rings. The Morgan fingerprint density at radius 3 is 2.56 bits per heavy atom. The minimum absolute atomic E-state index is 0.0346. The van der Waals surface area contributed by atoms with E-state index in [0.717, 1.165) is 31.5 Å². The van der Waals surface area contributed by atoms with Crippen molar-refractivity contribution in [2.75, 3.05) is 25.0 Å². The smallest absolute Gasteiger partial charge is 0.260 e. The van der Waals surface area contributed by atoms with Crippen LogP contribution in [0.4, 0.5) is 5.82 Å². The van der Waals surface area contributed by atoms with Crippen LogP contribution in [0.25, 0.3) is 0 Å². The number of benzene rings is 1. The van der Waals surface area contributed by atoms with Gasteiger partial charge >= 0.3 is 0 Å². The van der Waals surface area contributed by atoms with Gasteiger partial charge < -0.3 is 15.0 Å². The zero-order valence-electron chi connectivity index (χ0n) is 15.6. The molecule has 1 aliphatic rings. The number of hydrogen-bond donors (Lipinski definition) is 1. The van der Waals surface area contributed by atoms with Gasteiger partial charge in [-0.25, -0.2) is 4.98 Å². The lowest BCUT2D eigenvalue weighted by Crippen LogP contribution is -2.35. The van der Waals surface area contributed by atoms with Crippen LogP contribution in [0, 0.1) is 6.92 Å². The lowest BCUT2D eigenvalue weighted by atomic mass is 10.2. The lowest BCUT2D eigenvalue weighted by Gasteiger charge is -2.20. The summed E-state index contributed by atoms with van der Waals surface area (Å²) in [5, 5.41) is 2.80. The fourth-order valence-electron chi connectivity index (χ4n) is 3.12. The van der Waals surface area contributed by atoms with Crippen molar-refractivity contribution in [3.8, 4) is 5.75 Å². The zero-order valence-corrected chi connectivity index (χ0v) is 15.6. The van der Waals surface area contributed by atoms with Crippen LogP contribution in [0.1, 0.15) is 41.6 Å². The molecule has 1 N–H and O–H groups in total. The molecule has 3 rings (SSSR count). The molecule has 0 unspecified atom stereocenters. The number of hydrogen-bond acceptors (Lipinski definition) is 4. The summed E-state index contributed by atoms with van der Waals surface area (Å²) in [6, 6.07) is 10.6. The van der Waals surface area contributed by atoms with E-state index in [0.29, 0.717) is 17.1 Å². The van der Waals surface area contributed by atoms with Gasteiger partial charge in [-0.15, -0.1) is 0 Å². The molecule has 0 bridgehead atoms. The molecule has 1 aromatic heterocycles. The third-order valence-electron chi connectivity index (χ3n) is 4.68. The van der Waals surface area contributed by atoms with E-state index >= 15 is 0 Å². The zero-order chi connectivity index (χ0) is 19.1. The molecular weight excluding hydrogens is 342 g/mol. The molecule has 0 atom stereocenters. The van der Waals surface area contributed by atoms with Gasteiger partial charge in [-0.3, -0.25) is 9.59 Å². The first-order valence-corrected chi connectivity index (χ1v) is 9.38. The van der Waals surface area contributed by atoms with Crippen LogP contribution in [0.2, 0.25) is 0 Å². The molecule has 2 heterocycles. The van der Waals surface area contributed by atoms with Crippen LogP contribution in [-0.4, -0.2) is 41.4 Å².